The van der Waals surface area contributed by atoms with Crippen molar-refractivity contribution in [3.8, 4) is 11.3 Å². The molecule has 0 saturated carbocycles. The van der Waals surface area contributed by atoms with Gasteiger partial charge in [-0.2, -0.15) is 5.10 Å². The molecule has 4 nitrogen and oxygen atoms in total. The van der Waals surface area contributed by atoms with Crippen molar-refractivity contribution in [3.05, 3.63) is 51.8 Å². The van der Waals surface area contributed by atoms with Crippen LogP contribution in [-0.2, 0) is 11.3 Å². The number of Topliss-reactive ketones (excluding diaryl/α,β-unsaturated/α-hetero) is 1. The predicted octanol–water partition coefficient (Wildman–Crippen LogP) is 3.18. The normalized spacial score (nSPS) is 11.4. The molecule has 2 rings (SSSR count). The zero-order valence-corrected chi connectivity index (χ0v) is 13.0. The standard InChI is InChI=1S/C16H17ClN2O2/c1-16(2,3)14(20)10-19-15(21)9-8-13(18-19)11-6-4-5-7-12(11)17/h4-9H,10H2,1-3H3. The van der Waals surface area contributed by atoms with Crippen molar-refractivity contribution in [2.45, 2.75) is 27.3 Å². The van der Waals surface area contributed by atoms with Gasteiger partial charge in [-0.25, -0.2) is 4.68 Å². The highest BCUT2D eigenvalue weighted by molar-refractivity contribution is 6.33. The topological polar surface area (TPSA) is 52.0 Å². The fraction of sp³-hybridized carbons (Fsp3) is 0.312. The molecule has 110 valence electrons. The Morgan fingerprint density at radius 2 is 1.86 bits per heavy atom. The number of hydrogen-bond donors (Lipinski definition) is 0. The monoisotopic (exact) mass is 304 g/mol. The summed E-state index contributed by atoms with van der Waals surface area (Å²) in [7, 11) is 0. The van der Waals surface area contributed by atoms with Gasteiger partial charge < -0.3 is 0 Å². The first-order valence-electron chi connectivity index (χ1n) is 6.65. The third-order valence-corrected chi connectivity index (χ3v) is 3.48. The molecule has 0 amide bonds. The number of rotatable bonds is 3. The summed E-state index contributed by atoms with van der Waals surface area (Å²) < 4.78 is 1.19. The highest BCUT2D eigenvalue weighted by Gasteiger charge is 2.22. The lowest BCUT2D eigenvalue weighted by atomic mass is 9.91. The van der Waals surface area contributed by atoms with E-state index < -0.39 is 5.41 Å². The molecule has 21 heavy (non-hydrogen) atoms. The van der Waals surface area contributed by atoms with Crippen LogP contribution in [0.15, 0.2) is 41.2 Å². The summed E-state index contributed by atoms with van der Waals surface area (Å²) in [4.78, 5) is 23.9. The number of carbonyl (C=O) groups excluding carboxylic acids is 1. The van der Waals surface area contributed by atoms with Gasteiger partial charge in [-0.05, 0) is 12.1 Å². The smallest absolute Gasteiger partial charge is 0.267 e. The van der Waals surface area contributed by atoms with Crippen LogP contribution in [-0.4, -0.2) is 15.6 Å². The third kappa shape index (κ3) is 3.58. The van der Waals surface area contributed by atoms with Gasteiger partial charge in [0.2, 0.25) is 0 Å². The second-order valence-electron chi connectivity index (χ2n) is 5.87. The number of benzene rings is 1. The number of hydrogen-bond acceptors (Lipinski definition) is 3. The minimum absolute atomic E-state index is 0.0410. The van der Waals surface area contributed by atoms with Gasteiger partial charge in [0.15, 0.2) is 5.78 Å². The molecule has 0 unspecified atom stereocenters. The van der Waals surface area contributed by atoms with Gasteiger partial charge in [0.25, 0.3) is 5.56 Å². The zero-order chi connectivity index (χ0) is 15.6. The molecule has 0 fully saturated rings. The summed E-state index contributed by atoms with van der Waals surface area (Å²) in [6, 6.07) is 10.3. The third-order valence-electron chi connectivity index (χ3n) is 3.15. The van der Waals surface area contributed by atoms with Crippen molar-refractivity contribution in [3.63, 3.8) is 0 Å². The molecule has 0 atom stereocenters. The van der Waals surface area contributed by atoms with Crippen LogP contribution in [0, 0.1) is 5.41 Å². The Morgan fingerprint density at radius 1 is 1.19 bits per heavy atom. The summed E-state index contributed by atoms with van der Waals surface area (Å²) >= 11 is 6.13. The quantitative estimate of drug-likeness (QED) is 0.875. The zero-order valence-electron chi connectivity index (χ0n) is 12.3. The fourth-order valence-electron chi connectivity index (χ4n) is 1.75. The van der Waals surface area contributed by atoms with Crippen molar-refractivity contribution in [1.29, 1.82) is 0 Å². The van der Waals surface area contributed by atoms with E-state index in [1.54, 1.807) is 12.1 Å². The van der Waals surface area contributed by atoms with Crippen LogP contribution in [0.1, 0.15) is 20.8 Å². The van der Waals surface area contributed by atoms with Crippen LogP contribution in [0.3, 0.4) is 0 Å². The van der Waals surface area contributed by atoms with E-state index in [1.807, 2.05) is 39.0 Å². The molecular weight excluding hydrogens is 288 g/mol. The van der Waals surface area contributed by atoms with Crippen LogP contribution in [0.2, 0.25) is 5.02 Å². The Hall–Kier alpha value is -1.94. The maximum atomic E-state index is 12.1. The van der Waals surface area contributed by atoms with Gasteiger partial charge >= 0.3 is 0 Å². The molecule has 1 aromatic heterocycles. The molecule has 1 heterocycles. The second kappa shape index (κ2) is 5.82. The molecule has 1 aromatic carbocycles. The molecule has 0 radical (unpaired) electrons. The number of halogens is 1. The van der Waals surface area contributed by atoms with Crippen LogP contribution >= 0.6 is 11.6 Å². The number of nitrogens with zero attached hydrogens (tertiary/aromatic N) is 2. The summed E-state index contributed by atoms with van der Waals surface area (Å²) in [6.45, 7) is 5.41. The van der Waals surface area contributed by atoms with Gasteiger partial charge in [0.05, 0.1) is 10.7 Å². The van der Waals surface area contributed by atoms with E-state index in [-0.39, 0.29) is 17.9 Å². The average molecular weight is 305 g/mol. The lowest BCUT2D eigenvalue weighted by Crippen LogP contribution is -2.32. The SMILES string of the molecule is CC(C)(C)C(=O)Cn1nc(-c2ccccc2Cl)ccc1=O. The van der Waals surface area contributed by atoms with Crippen LogP contribution in [0.4, 0.5) is 0 Å². The molecule has 5 heteroatoms. The Labute approximate surface area is 128 Å². The fourth-order valence-corrected chi connectivity index (χ4v) is 1.98. The van der Waals surface area contributed by atoms with Crippen molar-refractivity contribution < 1.29 is 4.79 Å². The van der Waals surface area contributed by atoms with Gasteiger partial charge in [0.1, 0.15) is 6.54 Å². The molecule has 0 bridgehead atoms. The largest absolute Gasteiger partial charge is 0.297 e. The van der Waals surface area contributed by atoms with E-state index in [9.17, 15) is 9.59 Å². The summed E-state index contributed by atoms with van der Waals surface area (Å²) in [6.07, 6.45) is 0. The second-order valence-corrected chi connectivity index (χ2v) is 6.27. The first kappa shape index (κ1) is 15.4. The maximum Gasteiger partial charge on any atom is 0.267 e. The van der Waals surface area contributed by atoms with Crippen molar-refractivity contribution in [2.75, 3.05) is 0 Å². The summed E-state index contributed by atoms with van der Waals surface area (Å²) in [5.74, 6) is -0.0478. The molecule has 0 spiro atoms. The van der Waals surface area contributed by atoms with Gasteiger partial charge in [-0.15, -0.1) is 0 Å². The predicted molar refractivity (Wildman–Crippen MR) is 83.4 cm³/mol. The Kier molecular flexibility index (Phi) is 4.28. The Balaban J connectivity index is 2.41. The minimum Gasteiger partial charge on any atom is -0.297 e. The summed E-state index contributed by atoms with van der Waals surface area (Å²) in [5.41, 5.74) is 0.489. The van der Waals surface area contributed by atoms with E-state index in [0.29, 0.717) is 10.7 Å². The lowest BCUT2D eigenvalue weighted by Gasteiger charge is -2.17. The van der Waals surface area contributed by atoms with E-state index in [1.165, 1.54) is 10.7 Å². The molecule has 0 aliphatic carbocycles. The van der Waals surface area contributed by atoms with Gasteiger partial charge in [-0.1, -0.05) is 50.6 Å². The molecule has 0 saturated heterocycles. The van der Waals surface area contributed by atoms with Gasteiger partial charge in [-0.3, -0.25) is 9.59 Å². The van der Waals surface area contributed by atoms with Crippen molar-refractivity contribution in [2.24, 2.45) is 5.41 Å². The highest BCUT2D eigenvalue weighted by Crippen LogP contribution is 2.25. The number of aromatic nitrogens is 2. The van der Waals surface area contributed by atoms with Crippen molar-refractivity contribution in [1.82, 2.24) is 9.78 Å². The van der Waals surface area contributed by atoms with Crippen LogP contribution in [0.25, 0.3) is 11.3 Å². The Morgan fingerprint density at radius 3 is 2.48 bits per heavy atom. The lowest BCUT2D eigenvalue weighted by molar-refractivity contribution is -0.127. The van der Waals surface area contributed by atoms with Crippen molar-refractivity contribution >= 4 is 17.4 Å². The van der Waals surface area contributed by atoms with E-state index in [4.69, 9.17) is 11.6 Å². The molecule has 0 aliphatic heterocycles. The van der Waals surface area contributed by atoms with Crippen LogP contribution < -0.4 is 5.56 Å². The average Bonchev–Trinajstić information content (AvgIpc) is 2.41. The summed E-state index contributed by atoms with van der Waals surface area (Å²) in [5, 5.41) is 4.81. The maximum absolute atomic E-state index is 12.1. The Bertz CT molecular complexity index is 730. The van der Waals surface area contributed by atoms with E-state index in [2.05, 4.69) is 5.10 Å². The number of carbonyl (C=O) groups is 1. The molecular formula is C16H17ClN2O2. The molecule has 2 aromatic rings. The van der Waals surface area contributed by atoms with Crippen LogP contribution in [0.5, 0.6) is 0 Å². The molecule has 0 N–H and O–H groups in total. The molecule has 0 aliphatic rings. The minimum atomic E-state index is -0.512. The highest BCUT2D eigenvalue weighted by atomic mass is 35.5. The van der Waals surface area contributed by atoms with E-state index in [0.717, 1.165) is 5.56 Å². The first-order chi connectivity index (χ1) is 9.79. The number of ketones is 1. The first-order valence-corrected chi connectivity index (χ1v) is 7.03. The van der Waals surface area contributed by atoms with Gasteiger partial charge in [0, 0.05) is 17.0 Å². The van der Waals surface area contributed by atoms with E-state index >= 15 is 0 Å².